The second-order valence-electron chi connectivity index (χ2n) is 5.03. The number of halogens is 1. The molecule has 1 unspecified atom stereocenters. The lowest BCUT2D eigenvalue weighted by Crippen LogP contribution is -2.21. The van der Waals surface area contributed by atoms with Gasteiger partial charge < -0.3 is 5.32 Å². The van der Waals surface area contributed by atoms with Gasteiger partial charge in [-0.15, -0.1) is 0 Å². The van der Waals surface area contributed by atoms with Gasteiger partial charge in [0.05, 0.1) is 16.4 Å². The Labute approximate surface area is 126 Å². The van der Waals surface area contributed by atoms with Crippen LogP contribution in [0.5, 0.6) is 0 Å². The first-order chi connectivity index (χ1) is 9.63. The Bertz CT molecular complexity index is 548. The van der Waals surface area contributed by atoms with Crippen molar-refractivity contribution in [2.24, 2.45) is 7.05 Å². The second-order valence-corrected chi connectivity index (χ2v) is 5.41. The molecule has 0 amide bonds. The zero-order valence-corrected chi connectivity index (χ0v) is 13.1. The molecule has 2 aromatic rings. The molecule has 0 aliphatic carbocycles. The van der Waals surface area contributed by atoms with Crippen LogP contribution >= 0.6 is 11.6 Å². The number of hydrogen-bond donors (Lipinski definition) is 1. The fourth-order valence-corrected chi connectivity index (χ4v) is 2.81. The summed E-state index contributed by atoms with van der Waals surface area (Å²) < 4.78 is 1.89. The van der Waals surface area contributed by atoms with Crippen LogP contribution in [0.4, 0.5) is 0 Å². The van der Waals surface area contributed by atoms with Crippen LogP contribution < -0.4 is 5.32 Å². The number of aryl methyl sites for hydroxylation is 2. The van der Waals surface area contributed by atoms with Crippen molar-refractivity contribution in [3.63, 3.8) is 0 Å². The highest BCUT2D eigenvalue weighted by molar-refractivity contribution is 6.31. The molecule has 0 radical (unpaired) electrons. The molecule has 1 aromatic carbocycles. The summed E-state index contributed by atoms with van der Waals surface area (Å²) in [5, 5.41) is 8.72. The van der Waals surface area contributed by atoms with E-state index >= 15 is 0 Å². The minimum atomic E-state index is 0.354. The largest absolute Gasteiger partial charge is 0.310 e. The maximum atomic E-state index is 6.32. The van der Waals surface area contributed by atoms with Crippen LogP contribution in [0.2, 0.25) is 5.02 Å². The van der Waals surface area contributed by atoms with Gasteiger partial charge in [-0.2, -0.15) is 5.10 Å². The van der Waals surface area contributed by atoms with Crippen molar-refractivity contribution in [2.75, 3.05) is 6.54 Å². The number of aromatic nitrogens is 2. The van der Waals surface area contributed by atoms with Crippen LogP contribution in [0.3, 0.4) is 0 Å². The van der Waals surface area contributed by atoms with E-state index in [2.05, 4.69) is 41.6 Å². The van der Waals surface area contributed by atoms with Crippen molar-refractivity contribution >= 4 is 11.6 Å². The molecule has 0 saturated heterocycles. The maximum Gasteiger partial charge on any atom is 0.0846 e. The number of nitrogens with one attached hydrogen (secondary N) is 1. The Hall–Kier alpha value is -1.32. The minimum absolute atomic E-state index is 0.354. The summed E-state index contributed by atoms with van der Waals surface area (Å²) in [7, 11) is 1.96. The van der Waals surface area contributed by atoms with Crippen LogP contribution in [-0.2, 0) is 13.5 Å². The summed E-state index contributed by atoms with van der Waals surface area (Å²) in [6, 6.07) is 10.9. The van der Waals surface area contributed by atoms with Crippen molar-refractivity contribution in [2.45, 2.75) is 32.7 Å². The third kappa shape index (κ3) is 3.41. The average Bonchev–Trinajstić information content (AvgIpc) is 2.70. The highest BCUT2D eigenvalue weighted by atomic mass is 35.5. The molecule has 0 bridgehead atoms. The highest BCUT2D eigenvalue weighted by Crippen LogP contribution is 2.24. The Morgan fingerprint density at radius 1 is 1.30 bits per heavy atom. The molecule has 0 aliphatic heterocycles. The van der Waals surface area contributed by atoms with Crippen molar-refractivity contribution < 1.29 is 0 Å². The normalized spacial score (nSPS) is 12.6. The molecule has 20 heavy (non-hydrogen) atoms. The van der Waals surface area contributed by atoms with E-state index < -0.39 is 0 Å². The standard InChI is InChI=1S/C16H22ClN3/c1-4-18-14(13-8-6-5-7-9-13)10-11-15-16(17)12(2)19-20(15)3/h5-9,14,18H,4,10-11H2,1-3H3. The molecule has 1 N–H and O–H groups in total. The van der Waals surface area contributed by atoms with Crippen LogP contribution in [-0.4, -0.2) is 16.3 Å². The molecule has 1 atom stereocenters. The molecule has 4 heteroatoms. The van der Waals surface area contributed by atoms with Crippen molar-refractivity contribution in [1.29, 1.82) is 0 Å². The second kappa shape index (κ2) is 6.91. The van der Waals surface area contributed by atoms with E-state index in [1.807, 2.05) is 24.7 Å². The van der Waals surface area contributed by atoms with Gasteiger partial charge in [-0.3, -0.25) is 4.68 Å². The van der Waals surface area contributed by atoms with Gasteiger partial charge in [0.2, 0.25) is 0 Å². The molecule has 1 heterocycles. The van der Waals surface area contributed by atoms with Gasteiger partial charge in [-0.05, 0) is 31.9 Å². The van der Waals surface area contributed by atoms with E-state index in [0.717, 1.165) is 35.8 Å². The van der Waals surface area contributed by atoms with E-state index in [4.69, 9.17) is 11.6 Å². The molecule has 108 valence electrons. The summed E-state index contributed by atoms with van der Waals surface area (Å²) in [5.41, 5.74) is 3.34. The number of hydrogen-bond acceptors (Lipinski definition) is 2. The van der Waals surface area contributed by atoms with Gasteiger partial charge in [0.15, 0.2) is 0 Å². The van der Waals surface area contributed by atoms with Gasteiger partial charge in [-0.1, -0.05) is 48.9 Å². The van der Waals surface area contributed by atoms with Gasteiger partial charge in [0.25, 0.3) is 0 Å². The topological polar surface area (TPSA) is 29.9 Å². The highest BCUT2D eigenvalue weighted by Gasteiger charge is 2.15. The maximum absolute atomic E-state index is 6.32. The Balaban J connectivity index is 2.10. The molecule has 1 aromatic heterocycles. The van der Waals surface area contributed by atoms with Crippen molar-refractivity contribution in [1.82, 2.24) is 15.1 Å². The van der Waals surface area contributed by atoms with Crippen molar-refractivity contribution in [3.8, 4) is 0 Å². The van der Waals surface area contributed by atoms with Crippen LogP contribution in [0, 0.1) is 6.92 Å². The molecule has 2 rings (SSSR count). The van der Waals surface area contributed by atoms with Gasteiger partial charge in [-0.25, -0.2) is 0 Å². The Morgan fingerprint density at radius 3 is 2.55 bits per heavy atom. The fraction of sp³-hybridized carbons (Fsp3) is 0.438. The third-order valence-corrected chi connectivity index (χ3v) is 4.08. The molecule has 3 nitrogen and oxygen atoms in total. The molecular weight excluding hydrogens is 270 g/mol. The Morgan fingerprint density at radius 2 is 2.00 bits per heavy atom. The number of rotatable bonds is 6. The first-order valence-corrected chi connectivity index (χ1v) is 7.47. The van der Waals surface area contributed by atoms with Crippen molar-refractivity contribution in [3.05, 3.63) is 52.3 Å². The number of nitrogens with zero attached hydrogens (tertiary/aromatic N) is 2. The predicted octanol–water partition coefficient (Wildman–Crippen LogP) is 3.67. The summed E-state index contributed by atoms with van der Waals surface area (Å²) in [5.74, 6) is 0. The van der Waals surface area contributed by atoms with E-state index in [-0.39, 0.29) is 0 Å². The summed E-state index contributed by atoms with van der Waals surface area (Å²) in [4.78, 5) is 0. The number of benzene rings is 1. The first kappa shape index (κ1) is 15.1. The summed E-state index contributed by atoms with van der Waals surface area (Å²) >= 11 is 6.32. The first-order valence-electron chi connectivity index (χ1n) is 7.09. The lowest BCUT2D eigenvalue weighted by Gasteiger charge is -2.18. The zero-order valence-electron chi connectivity index (χ0n) is 12.4. The van der Waals surface area contributed by atoms with Gasteiger partial charge >= 0.3 is 0 Å². The Kier molecular flexibility index (Phi) is 5.21. The van der Waals surface area contributed by atoms with E-state index in [1.54, 1.807) is 0 Å². The van der Waals surface area contributed by atoms with Crippen LogP contribution in [0.15, 0.2) is 30.3 Å². The lowest BCUT2D eigenvalue weighted by atomic mass is 10.0. The minimum Gasteiger partial charge on any atom is -0.310 e. The van der Waals surface area contributed by atoms with Crippen LogP contribution in [0.1, 0.15) is 36.3 Å². The predicted molar refractivity (Wildman–Crippen MR) is 84.1 cm³/mol. The summed E-state index contributed by atoms with van der Waals surface area (Å²) in [6.07, 6.45) is 1.93. The van der Waals surface area contributed by atoms with Gasteiger partial charge in [0, 0.05) is 13.1 Å². The van der Waals surface area contributed by atoms with E-state index in [1.165, 1.54) is 5.56 Å². The SMILES string of the molecule is CCNC(CCc1c(Cl)c(C)nn1C)c1ccccc1. The third-order valence-electron chi connectivity index (χ3n) is 3.58. The quantitative estimate of drug-likeness (QED) is 0.880. The van der Waals surface area contributed by atoms with Gasteiger partial charge in [0.1, 0.15) is 0 Å². The molecule has 0 saturated carbocycles. The molecule has 0 aliphatic rings. The van der Waals surface area contributed by atoms with E-state index in [0.29, 0.717) is 6.04 Å². The average molecular weight is 292 g/mol. The zero-order chi connectivity index (χ0) is 14.5. The summed E-state index contributed by atoms with van der Waals surface area (Å²) in [6.45, 7) is 5.04. The smallest absolute Gasteiger partial charge is 0.0846 e. The monoisotopic (exact) mass is 291 g/mol. The molecular formula is C16H22ClN3. The molecule has 0 spiro atoms. The molecule has 0 fully saturated rings. The lowest BCUT2D eigenvalue weighted by molar-refractivity contribution is 0.506. The van der Waals surface area contributed by atoms with Crippen LogP contribution in [0.25, 0.3) is 0 Å². The van der Waals surface area contributed by atoms with E-state index in [9.17, 15) is 0 Å². The fourth-order valence-electron chi connectivity index (χ4n) is 2.55.